The Hall–Kier alpha value is -3.87. The van der Waals surface area contributed by atoms with Gasteiger partial charge in [-0.15, -0.1) is 0 Å². The van der Waals surface area contributed by atoms with Gasteiger partial charge in [-0.1, -0.05) is 0 Å². The van der Waals surface area contributed by atoms with Crippen molar-refractivity contribution >= 4 is 3.21 Å². The van der Waals surface area contributed by atoms with Gasteiger partial charge in [0.05, 0.1) is 0 Å². The summed E-state index contributed by atoms with van der Waals surface area (Å²) in [6.07, 6.45) is 8.16. The fourth-order valence-electron chi connectivity index (χ4n) is 7.00. The van der Waals surface area contributed by atoms with Gasteiger partial charge in [-0.2, -0.15) is 0 Å². The molecule has 0 nitrogen and oxygen atoms in total. The smallest absolute Gasteiger partial charge is 1.00 e. The van der Waals surface area contributed by atoms with Crippen molar-refractivity contribution in [1.29, 1.82) is 0 Å². The first-order valence-corrected chi connectivity index (χ1v) is 19.3. The van der Waals surface area contributed by atoms with Crippen LogP contribution in [-0.2, 0) is 21.3 Å². The molecule has 0 unspecified atom stereocenters. The quantitative estimate of drug-likeness (QED) is 0.233. The van der Waals surface area contributed by atoms with Crippen LogP contribution in [0, 0.1) is 0 Å². The first-order valence-electron chi connectivity index (χ1n) is 15.5. The summed E-state index contributed by atoms with van der Waals surface area (Å²) < 4.78 is 3.67. The van der Waals surface area contributed by atoms with Crippen molar-refractivity contribution in [1.82, 2.24) is 0 Å². The van der Waals surface area contributed by atoms with E-state index in [9.17, 15) is 0 Å². The topological polar surface area (TPSA) is 0 Å². The third kappa shape index (κ3) is 6.01. The summed E-state index contributed by atoms with van der Waals surface area (Å²) in [6.45, 7) is 0. The van der Waals surface area contributed by atoms with E-state index in [0.29, 0.717) is 3.63 Å². The van der Waals surface area contributed by atoms with E-state index in [1.807, 2.05) is 0 Å². The van der Waals surface area contributed by atoms with Gasteiger partial charge in [-0.25, -0.2) is 0 Å². The number of rotatable bonds is 6. The molecule has 0 radical (unpaired) electrons. The summed E-state index contributed by atoms with van der Waals surface area (Å²) in [5, 5.41) is 0. The Kier molecular flexibility index (Phi) is 9.96. The molecular weight excluding hydrogens is 679 g/mol. The van der Waals surface area contributed by atoms with E-state index in [4.69, 9.17) is 0 Å². The van der Waals surface area contributed by atoms with E-state index in [-0.39, 0.29) is 24.8 Å². The third-order valence-corrected chi connectivity index (χ3v) is 17.4. The molecule has 0 atom stereocenters. The zero-order valence-electron chi connectivity index (χ0n) is 25.3. The number of hydrogen-bond donors (Lipinski definition) is 0. The first-order chi connectivity index (χ1) is 21.8. The normalized spacial score (nSPS) is 12.5. The molecule has 2 aliphatic carbocycles. The predicted octanol–water partition coefficient (Wildman–Crippen LogP) is 4.83. The molecule has 0 aromatic heterocycles. The summed E-state index contributed by atoms with van der Waals surface area (Å²) >= 11 is -2.69. The second-order valence-electron chi connectivity index (χ2n) is 11.6. The molecule has 0 amide bonds. The molecule has 2 aliphatic rings. The van der Waals surface area contributed by atoms with Crippen LogP contribution in [-0.4, -0.2) is 3.21 Å². The molecular formula is C43H32Cl2Zr. The summed E-state index contributed by atoms with van der Waals surface area (Å²) in [5.74, 6) is 0. The Morgan fingerprint density at radius 1 is 0.457 bits per heavy atom. The van der Waals surface area contributed by atoms with Gasteiger partial charge in [0, 0.05) is 0 Å². The van der Waals surface area contributed by atoms with Gasteiger partial charge in [-0.3, -0.25) is 0 Å². The molecule has 46 heavy (non-hydrogen) atoms. The van der Waals surface area contributed by atoms with Crippen molar-refractivity contribution in [3.05, 3.63) is 201 Å². The molecule has 0 fully saturated rings. The van der Waals surface area contributed by atoms with Gasteiger partial charge >= 0.3 is 269 Å². The maximum Gasteiger partial charge on any atom is -1.00 e. The van der Waals surface area contributed by atoms with Crippen molar-refractivity contribution < 1.29 is 46.1 Å². The summed E-state index contributed by atoms with van der Waals surface area (Å²) in [4.78, 5) is 0. The minimum absolute atomic E-state index is 0. The SMILES string of the molecule is C1=CC[C]([Zr+2](=[C](c2ccc(-c3ccccc3)cc2)c2ccc(-c3ccccc3)cc2)[CH]2c3ccccc3-c3ccccc32)=C1.[Cl-].[Cl-]. The molecule has 6 aromatic carbocycles. The van der Waals surface area contributed by atoms with E-state index < -0.39 is 21.3 Å². The second-order valence-corrected chi connectivity index (χ2v) is 17.9. The van der Waals surface area contributed by atoms with E-state index in [2.05, 4.69) is 176 Å². The molecule has 0 bridgehead atoms. The molecule has 222 valence electrons. The molecule has 0 saturated heterocycles. The van der Waals surface area contributed by atoms with E-state index in [1.54, 1.807) is 6.49 Å². The zero-order chi connectivity index (χ0) is 29.3. The van der Waals surface area contributed by atoms with Crippen molar-refractivity contribution in [3.63, 3.8) is 0 Å². The number of benzene rings is 6. The van der Waals surface area contributed by atoms with Crippen LogP contribution in [0.2, 0.25) is 0 Å². The number of fused-ring (bicyclic) bond motifs is 3. The van der Waals surface area contributed by atoms with Crippen molar-refractivity contribution in [3.8, 4) is 33.4 Å². The summed E-state index contributed by atoms with van der Waals surface area (Å²) in [6, 6.07) is 58.6. The van der Waals surface area contributed by atoms with Crippen LogP contribution in [0.25, 0.3) is 33.4 Å². The Morgan fingerprint density at radius 2 is 0.870 bits per heavy atom. The van der Waals surface area contributed by atoms with Gasteiger partial charge in [0.1, 0.15) is 0 Å². The average molecular weight is 711 g/mol. The van der Waals surface area contributed by atoms with E-state index in [0.717, 1.165) is 6.42 Å². The summed E-state index contributed by atoms with van der Waals surface area (Å²) in [7, 11) is 0. The van der Waals surface area contributed by atoms with Crippen LogP contribution in [0.4, 0.5) is 0 Å². The van der Waals surface area contributed by atoms with Crippen LogP contribution in [0.15, 0.2) is 179 Å². The molecule has 0 N–H and O–H groups in total. The van der Waals surface area contributed by atoms with Crippen molar-refractivity contribution in [2.45, 2.75) is 10.0 Å². The largest absolute Gasteiger partial charge is 1.00 e. The Balaban J connectivity index is 0.00000186. The van der Waals surface area contributed by atoms with Gasteiger partial charge in [0.25, 0.3) is 0 Å². The zero-order valence-corrected chi connectivity index (χ0v) is 29.3. The van der Waals surface area contributed by atoms with Gasteiger partial charge < -0.3 is 24.8 Å². The summed E-state index contributed by atoms with van der Waals surface area (Å²) in [5.41, 5.74) is 13.6. The second kappa shape index (κ2) is 14.3. The van der Waals surface area contributed by atoms with Gasteiger partial charge in [0.2, 0.25) is 0 Å². The molecule has 0 heterocycles. The van der Waals surface area contributed by atoms with E-state index in [1.165, 1.54) is 55.6 Å². The van der Waals surface area contributed by atoms with E-state index >= 15 is 0 Å². The monoisotopic (exact) mass is 708 g/mol. The maximum absolute atomic E-state index is 2.69. The number of allylic oxidation sites excluding steroid dienone is 4. The van der Waals surface area contributed by atoms with Crippen LogP contribution in [0.3, 0.4) is 0 Å². The van der Waals surface area contributed by atoms with Gasteiger partial charge in [-0.05, 0) is 0 Å². The third-order valence-electron chi connectivity index (χ3n) is 9.07. The molecule has 3 heteroatoms. The minimum atomic E-state index is -2.69. The van der Waals surface area contributed by atoms with Crippen LogP contribution in [0.1, 0.15) is 32.3 Å². The fourth-order valence-corrected chi connectivity index (χ4v) is 16.0. The van der Waals surface area contributed by atoms with Crippen molar-refractivity contribution in [2.24, 2.45) is 0 Å². The first kappa shape index (κ1) is 32.1. The van der Waals surface area contributed by atoms with Crippen LogP contribution >= 0.6 is 0 Å². The van der Waals surface area contributed by atoms with Crippen molar-refractivity contribution in [2.75, 3.05) is 0 Å². The number of halogens is 2. The molecule has 8 rings (SSSR count). The van der Waals surface area contributed by atoms with Gasteiger partial charge in [0.15, 0.2) is 0 Å². The average Bonchev–Trinajstić information content (AvgIpc) is 3.76. The predicted molar refractivity (Wildman–Crippen MR) is 183 cm³/mol. The molecule has 0 saturated carbocycles. The Bertz CT molecular complexity index is 1930. The standard InChI is InChI=1S/C25H18.C13H9.C5H5.2ClH.Zr/c1-3-7-22(8-4-1)24-15-11-20(12-16-24)19-21-13-17-25(18-14-21)23-9-5-2-6-10-23;1-3-7-12-10(5-1)9-11-6-2-4-8-13(11)12;1-2-4-5-3-1;;;/h1-18H;1-9H;1-3H,4H2;2*1H;/q;;;;;+2/p-2. The molecule has 0 aliphatic heterocycles. The molecule has 6 aromatic rings. The maximum atomic E-state index is 2.45. The molecule has 0 spiro atoms. The minimum Gasteiger partial charge on any atom is -1.00 e. The Morgan fingerprint density at radius 3 is 1.30 bits per heavy atom. The Labute approximate surface area is 292 Å². The number of hydrogen-bond acceptors (Lipinski definition) is 0. The fraction of sp³-hybridized carbons (Fsp3) is 0.0465. The van der Waals surface area contributed by atoms with Crippen LogP contribution in [0.5, 0.6) is 0 Å². The van der Waals surface area contributed by atoms with Crippen LogP contribution < -0.4 is 24.8 Å².